The highest BCUT2D eigenvalue weighted by molar-refractivity contribution is 14.0. The summed E-state index contributed by atoms with van der Waals surface area (Å²) in [6, 6.07) is 2.21. The van der Waals surface area contributed by atoms with Gasteiger partial charge in [0.25, 0.3) is 0 Å². The van der Waals surface area contributed by atoms with E-state index >= 15 is 0 Å². The number of nitrogens with zero attached hydrogens (tertiary/aromatic N) is 3. The van der Waals surface area contributed by atoms with Crippen LogP contribution in [0.5, 0.6) is 5.88 Å². The highest BCUT2D eigenvalue weighted by Gasteiger charge is 2.35. The largest absolute Gasteiger partial charge is 0.475 e. The summed E-state index contributed by atoms with van der Waals surface area (Å²) in [5, 5.41) is 3.13. The Balaban J connectivity index is 0.00000312. The van der Waals surface area contributed by atoms with Crippen molar-refractivity contribution in [3.05, 3.63) is 23.9 Å². The quantitative estimate of drug-likeness (QED) is 0.316. The predicted octanol–water partition coefficient (Wildman–Crippen LogP) is 3.40. The van der Waals surface area contributed by atoms with Gasteiger partial charge in [-0.15, -0.1) is 24.0 Å². The van der Waals surface area contributed by atoms with Crippen LogP contribution in [0.25, 0.3) is 0 Å². The third-order valence-corrected chi connectivity index (χ3v) is 3.87. The van der Waals surface area contributed by atoms with Gasteiger partial charge < -0.3 is 15.0 Å². The number of guanidine groups is 1. The fourth-order valence-electron chi connectivity index (χ4n) is 2.75. The minimum Gasteiger partial charge on any atom is -0.475 e. The van der Waals surface area contributed by atoms with E-state index in [1.165, 1.54) is 18.7 Å². The molecule has 1 unspecified atom stereocenters. The van der Waals surface area contributed by atoms with Crippen LogP contribution in [0, 0.1) is 5.92 Å². The number of nitrogens with one attached hydrogen (secondary N) is 1. The topological polar surface area (TPSA) is 49.8 Å². The van der Waals surface area contributed by atoms with Crippen LogP contribution in [-0.2, 0) is 6.18 Å². The number of hydrogen-bond donors (Lipinski definition) is 1. The van der Waals surface area contributed by atoms with Crippen LogP contribution >= 0.6 is 24.0 Å². The second kappa shape index (κ2) is 10.0. The molecule has 2 rings (SSSR count). The van der Waals surface area contributed by atoms with Crippen molar-refractivity contribution in [2.45, 2.75) is 25.9 Å². The van der Waals surface area contributed by atoms with Crippen molar-refractivity contribution < 1.29 is 17.9 Å². The minimum absolute atomic E-state index is 0. The predicted molar refractivity (Wildman–Crippen MR) is 101 cm³/mol. The summed E-state index contributed by atoms with van der Waals surface area (Å²) in [6.07, 6.45) is -0.874. The van der Waals surface area contributed by atoms with E-state index in [1.807, 2.05) is 0 Å². The molecule has 142 valence electrons. The lowest BCUT2D eigenvalue weighted by atomic mass is 10.0. The molecule has 0 amide bonds. The molecule has 0 aromatic carbocycles. The standard InChI is InChI=1S/C16H23F3N4O.HI/c1-12-5-4-9-23(11-12)15(20-2)22-8-10-24-14-13(16(17,18)19)6-3-7-21-14;/h3,6-7,12H,4-5,8-11H2,1-2H3,(H,20,22);1H. The van der Waals surface area contributed by atoms with Crippen molar-refractivity contribution in [1.29, 1.82) is 0 Å². The lowest BCUT2D eigenvalue weighted by molar-refractivity contribution is -0.139. The molecule has 1 N–H and O–H groups in total. The first-order chi connectivity index (χ1) is 11.4. The molecule has 1 aromatic heterocycles. The molecule has 2 heterocycles. The lowest BCUT2D eigenvalue weighted by Crippen LogP contribution is -2.47. The van der Waals surface area contributed by atoms with Gasteiger partial charge in [-0.1, -0.05) is 6.92 Å². The summed E-state index contributed by atoms with van der Waals surface area (Å²) in [5.74, 6) is 0.965. The zero-order valence-electron chi connectivity index (χ0n) is 14.3. The lowest BCUT2D eigenvalue weighted by Gasteiger charge is -2.33. The van der Waals surface area contributed by atoms with Crippen molar-refractivity contribution in [3.63, 3.8) is 0 Å². The van der Waals surface area contributed by atoms with Crippen molar-refractivity contribution in [3.8, 4) is 5.88 Å². The van der Waals surface area contributed by atoms with Crippen LogP contribution in [-0.4, -0.2) is 49.1 Å². The molecule has 5 nitrogen and oxygen atoms in total. The monoisotopic (exact) mass is 472 g/mol. The number of rotatable bonds is 4. The average Bonchev–Trinajstić information content (AvgIpc) is 2.54. The first kappa shape index (κ1) is 21.8. The van der Waals surface area contributed by atoms with Crippen LogP contribution < -0.4 is 10.1 Å². The van der Waals surface area contributed by atoms with Gasteiger partial charge in [0.1, 0.15) is 12.2 Å². The van der Waals surface area contributed by atoms with Gasteiger partial charge in [0.15, 0.2) is 5.96 Å². The summed E-state index contributed by atoms with van der Waals surface area (Å²) < 4.78 is 43.8. The molecule has 1 atom stereocenters. The van der Waals surface area contributed by atoms with Gasteiger partial charge in [-0.05, 0) is 30.9 Å². The summed E-state index contributed by atoms with van der Waals surface area (Å²) in [5.41, 5.74) is -0.862. The van der Waals surface area contributed by atoms with Gasteiger partial charge in [-0.2, -0.15) is 13.2 Å². The Morgan fingerprint density at radius 3 is 2.88 bits per heavy atom. The number of piperidine rings is 1. The number of aromatic nitrogens is 1. The zero-order chi connectivity index (χ0) is 17.6. The van der Waals surface area contributed by atoms with Gasteiger partial charge in [-0.25, -0.2) is 4.98 Å². The van der Waals surface area contributed by atoms with Gasteiger partial charge in [-0.3, -0.25) is 4.99 Å². The van der Waals surface area contributed by atoms with E-state index in [1.54, 1.807) is 7.05 Å². The van der Waals surface area contributed by atoms with Crippen molar-refractivity contribution >= 4 is 29.9 Å². The Labute approximate surface area is 163 Å². The Morgan fingerprint density at radius 1 is 1.48 bits per heavy atom. The molecule has 0 bridgehead atoms. The second-order valence-electron chi connectivity index (χ2n) is 5.87. The molecular formula is C16H24F3IN4O. The maximum Gasteiger partial charge on any atom is 0.421 e. The number of pyridine rings is 1. The van der Waals surface area contributed by atoms with Gasteiger partial charge in [0.2, 0.25) is 5.88 Å². The Morgan fingerprint density at radius 2 is 2.24 bits per heavy atom. The van der Waals surface area contributed by atoms with Crippen molar-refractivity contribution in [2.24, 2.45) is 10.9 Å². The molecule has 0 radical (unpaired) electrons. The maximum atomic E-state index is 12.9. The molecule has 1 fully saturated rings. The summed E-state index contributed by atoms with van der Waals surface area (Å²) >= 11 is 0. The van der Waals surface area contributed by atoms with Crippen LogP contribution in [0.15, 0.2) is 23.3 Å². The fraction of sp³-hybridized carbons (Fsp3) is 0.625. The van der Waals surface area contributed by atoms with Crippen LogP contribution in [0.2, 0.25) is 0 Å². The summed E-state index contributed by atoms with van der Waals surface area (Å²) in [6.45, 7) is 4.48. The van der Waals surface area contributed by atoms with Crippen LogP contribution in [0.1, 0.15) is 25.3 Å². The molecule has 25 heavy (non-hydrogen) atoms. The molecule has 9 heteroatoms. The Bertz CT molecular complexity index is 569. The average molecular weight is 472 g/mol. The van der Waals surface area contributed by atoms with E-state index in [0.29, 0.717) is 12.5 Å². The molecule has 1 aliphatic rings. The number of ether oxygens (including phenoxy) is 1. The smallest absolute Gasteiger partial charge is 0.421 e. The van der Waals surface area contributed by atoms with Gasteiger partial charge in [0.05, 0.1) is 6.54 Å². The summed E-state index contributed by atoms with van der Waals surface area (Å²) in [4.78, 5) is 10.1. The fourth-order valence-corrected chi connectivity index (χ4v) is 2.75. The molecule has 0 spiro atoms. The number of halogens is 4. The Kier molecular flexibility index (Phi) is 8.74. The van der Waals surface area contributed by atoms with E-state index in [4.69, 9.17) is 4.74 Å². The van der Waals surface area contributed by atoms with E-state index in [9.17, 15) is 13.2 Å². The number of likely N-dealkylation sites (tertiary alicyclic amines) is 1. The van der Waals surface area contributed by atoms with E-state index in [-0.39, 0.29) is 30.6 Å². The normalized spacial score (nSPS) is 18.5. The van der Waals surface area contributed by atoms with Gasteiger partial charge >= 0.3 is 6.18 Å². The molecule has 1 aliphatic heterocycles. The number of alkyl halides is 3. The minimum atomic E-state index is -4.48. The highest BCUT2D eigenvalue weighted by Crippen LogP contribution is 2.34. The van der Waals surface area contributed by atoms with E-state index < -0.39 is 17.6 Å². The van der Waals surface area contributed by atoms with Crippen molar-refractivity contribution in [2.75, 3.05) is 33.3 Å². The third-order valence-electron chi connectivity index (χ3n) is 3.87. The zero-order valence-corrected chi connectivity index (χ0v) is 16.7. The first-order valence-electron chi connectivity index (χ1n) is 8.02. The summed E-state index contributed by atoms with van der Waals surface area (Å²) in [7, 11) is 1.70. The van der Waals surface area contributed by atoms with Crippen LogP contribution in [0.4, 0.5) is 13.2 Å². The number of aliphatic imine (C=N–C) groups is 1. The molecule has 1 saturated heterocycles. The maximum absolute atomic E-state index is 12.9. The Hall–Kier alpha value is -1.26. The molecular weight excluding hydrogens is 448 g/mol. The molecule has 1 aromatic rings. The first-order valence-corrected chi connectivity index (χ1v) is 8.02. The molecule has 0 saturated carbocycles. The van der Waals surface area contributed by atoms with E-state index in [2.05, 4.69) is 27.1 Å². The number of hydrogen-bond acceptors (Lipinski definition) is 3. The SMILES string of the molecule is CN=C(NCCOc1ncccc1C(F)(F)F)N1CCCC(C)C1.I. The van der Waals surface area contributed by atoms with Crippen LogP contribution in [0.3, 0.4) is 0 Å². The highest BCUT2D eigenvalue weighted by atomic mass is 127. The van der Waals surface area contributed by atoms with Crippen molar-refractivity contribution in [1.82, 2.24) is 15.2 Å². The third kappa shape index (κ3) is 6.52. The second-order valence-corrected chi connectivity index (χ2v) is 5.87. The van der Waals surface area contributed by atoms with E-state index in [0.717, 1.165) is 31.5 Å². The van der Waals surface area contributed by atoms with Gasteiger partial charge in [0, 0.05) is 26.3 Å². The molecule has 0 aliphatic carbocycles.